The zero-order valence-corrected chi connectivity index (χ0v) is 14.6. The number of carboxylic acids is 1. The standard InChI is InChI=1S/C15H16N2O4.Na/c1-21-10-4-2-9(3-5-10)14-11-6-7-12(11)15(20)17(16-14)8-13(18)19;/h2-5,11-12H,6-8H2,1H3,(H,18,19);/q;+1/p-1. The average molecular weight is 310 g/mol. The number of hydrogen-bond acceptors (Lipinski definition) is 5. The van der Waals surface area contributed by atoms with Crippen molar-refractivity contribution in [2.24, 2.45) is 16.9 Å². The molecule has 0 N–H and O–H groups in total. The molecule has 1 amide bonds. The first-order valence-electron chi connectivity index (χ1n) is 6.84. The summed E-state index contributed by atoms with van der Waals surface area (Å²) in [5.74, 6) is -0.850. The van der Waals surface area contributed by atoms with E-state index in [-0.39, 0.29) is 47.3 Å². The molecular weight excluding hydrogens is 295 g/mol. The van der Waals surface area contributed by atoms with Gasteiger partial charge in [-0.25, -0.2) is 5.01 Å². The summed E-state index contributed by atoms with van der Waals surface area (Å²) >= 11 is 0. The second kappa shape index (κ2) is 6.81. The number of amides is 1. The molecule has 2 atom stereocenters. The SMILES string of the molecule is COc1ccc(C2=NN(CC(=O)[O-])C(=O)C3CCC23)cc1.[Na+]. The Bertz CT molecular complexity index is 614. The number of hydrazone groups is 1. The molecular formula is C15H15N2NaO4. The van der Waals surface area contributed by atoms with Crippen LogP contribution in [-0.4, -0.2) is 36.3 Å². The normalized spacial score (nSPS) is 22.9. The van der Waals surface area contributed by atoms with Crippen LogP contribution >= 0.6 is 0 Å². The maximum atomic E-state index is 12.1. The summed E-state index contributed by atoms with van der Waals surface area (Å²) in [5, 5.41) is 16.0. The van der Waals surface area contributed by atoms with E-state index in [9.17, 15) is 14.7 Å². The fourth-order valence-electron chi connectivity index (χ4n) is 2.84. The first-order valence-corrected chi connectivity index (χ1v) is 6.84. The van der Waals surface area contributed by atoms with Gasteiger partial charge in [-0.1, -0.05) is 0 Å². The third-order valence-corrected chi connectivity index (χ3v) is 4.09. The number of methoxy groups -OCH3 is 1. The van der Waals surface area contributed by atoms with Crippen LogP contribution < -0.4 is 39.4 Å². The number of hydrogen-bond donors (Lipinski definition) is 0. The van der Waals surface area contributed by atoms with Gasteiger partial charge in [-0.05, 0) is 42.7 Å². The van der Waals surface area contributed by atoms with E-state index in [1.165, 1.54) is 0 Å². The van der Waals surface area contributed by atoms with Gasteiger partial charge in [0, 0.05) is 11.8 Å². The maximum absolute atomic E-state index is 12.1. The molecule has 1 aromatic carbocycles. The van der Waals surface area contributed by atoms with Crippen LogP contribution in [0.1, 0.15) is 18.4 Å². The molecule has 3 rings (SSSR count). The molecule has 1 heterocycles. The van der Waals surface area contributed by atoms with Crippen molar-refractivity contribution in [3.8, 4) is 5.75 Å². The van der Waals surface area contributed by atoms with E-state index < -0.39 is 12.5 Å². The summed E-state index contributed by atoms with van der Waals surface area (Å²) in [5.41, 5.74) is 1.66. The summed E-state index contributed by atoms with van der Waals surface area (Å²) in [6.45, 7) is -0.498. The Hall–Kier alpha value is -1.37. The third-order valence-electron chi connectivity index (χ3n) is 4.09. The van der Waals surface area contributed by atoms with Crippen molar-refractivity contribution < 1.29 is 49.0 Å². The van der Waals surface area contributed by atoms with Crippen molar-refractivity contribution in [2.75, 3.05) is 13.7 Å². The van der Waals surface area contributed by atoms with Gasteiger partial charge in [0.25, 0.3) is 0 Å². The van der Waals surface area contributed by atoms with E-state index in [0.29, 0.717) is 0 Å². The van der Waals surface area contributed by atoms with Gasteiger partial charge in [0.15, 0.2) is 0 Å². The Balaban J connectivity index is 0.00000176. The fourth-order valence-corrected chi connectivity index (χ4v) is 2.84. The molecule has 1 aliphatic carbocycles. The topological polar surface area (TPSA) is 82.0 Å². The van der Waals surface area contributed by atoms with E-state index in [0.717, 1.165) is 34.9 Å². The third kappa shape index (κ3) is 3.04. The molecule has 0 aromatic heterocycles. The van der Waals surface area contributed by atoms with E-state index in [2.05, 4.69) is 5.10 Å². The van der Waals surface area contributed by atoms with Crippen LogP contribution in [0.2, 0.25) is 0 Å². The molecule has 0 saturated heterocycles. The van der Waals surface area contributed by atoms with Crippen molar-refractivity contribution in [1.82, 2.24) is 5.01 Å². The number of carbonyl (C=O) groups is 2. The molecule has 0 bridgehead atoms. The van der Waals surface area contributed by atoms with E-state index in [4.69, 9.17) is 4.74 Å². The first-order chi connectivity index (χ1) is 10.1. The monoisotopic (exact) mass is 310 g/mol. The Morgan fingerprint density at radius 1 is 1.32 bits per heavy atom. The number of benzene rings is 1. The van der Waals surface area contributed by atoms with Gasteiger partial charge in [-0.15, -0.1) is 0 Å². The predicted molar refractivity (Wildman–Crippen MR) is 72.5 cm³/mol. The van der Waals surface area contributed by atoms with Crippen LogP contribution in [0.3, 0.4) is 0 Å². The number of rotatable bonds is 4. The van der Waals surface area contributed by atoms with E-state index >= 15 is 0 Å². The van der Waals surface area contributed by atoms with Gasteiger partial charge in [-0.2, -0.15) is 5.10 Å². The molecule has 6 nitrogen and oxygen atoms in total. The van der Waals surface area contributed by atoms with Crippen LogP contribution in [-0.2, 0) is 9.59 Å². The molecule has 0 radical (unpaired) electrons. The average Bonchev–Trinajstić information content (AvgIpc) is 2.43. The predicted octanol–water partition coefficient (Wildman–Crippen LogP) is -2.98. The van der Waals surface area contributed by atoms with Crippen molar-refractivity contribution in [3.63, 3.8) is 0 Å². The quantitative estimate of drug-likeness (QED) is 0.556. The molecule has 110 valence electrons. The number of carbonyl (C=O) groups excluding carboxylic acids is 2. The summed E-state index contributed by atoms with van der Waals surface area (Å²) < 4.78 is 5.12. The van der Waals surface area contributed by atoms with Gasteiger partial charge >= 0.3 is 29.6 Å². The Morgan fingerprint density at radius 3 is 2.45 bits per heavy atom. The van der Waals surface area contributed by atoms with Gasteiger partial charge in [0.2, 0.25) is 5.91 Å². The zero-order chi connectivity index (χ0) is 15.0. The fraction of sp³-hybridized carbons (Fsp3) is 0.400. The van der Waals surface area contributed by atoms with Crippen LogP contribution in [0, 0.1) is 11.8 Å². The largest absolute Gasteiger partial charge is 1.00 e. The van der Waals surface area contributed by atoms with Crippen LogP contribution in [0.25, 0.3) is 0 Å². The number of fused-ring (bicyclic) bond motifs is 1. The summed E-state index contributed by atoms with van der Waals surface area (Å²) in [4.78, 5) is 22.9. The van der Waals surface area contributed by atoms with Gasteiger partial charge in [0.05, 0.1) is 25.3 Å². The molecule has 1 aromatic rings. The van der Waals surface area contributed by atoms with Crippen molar-refractivity contribution in [3.05, 3.63) is 29.8 Å². The van der Waals surface area contributed by atoms with Crippen molar-refractivity contribution >= 4 is 17.6 Å². The van der Waals surface area contributed by atoms with E-state index in [1.54, 1.807) is 7.11 Å². The molecule has 1 aliphatic heterocycles. The molecule has 7 heteroatoms. The molecule has 1 saturated carbocycles. The molecule has 0 spiro atoms. The summed E-state index contributed by atoms with van der Waals surface area (Å²) in [6.07, 6.45) is 1.68. The summed E-state index contributed by atoms with van der Waals surface area (Å²) in [6, 6.07) is 7.40. The van der Waals surface area contributed by atoms with Gasteiger partial charge < -0.3 is 14.6 Å². The van der Waals surface area contributed by atoms with Crippen LogP contribution in [0.15, 0.2) is 29.4 Å². The zero-order valence-electron chi connectivity index (χ0n) is 12.6. The first kappa shape index (κ1) is 17.0. The smallest absolute Gasteiger partial charge is 0.548 e. The van der Waals surface area contributed by atoms with Crippen LogP contribution in [0.4, 0.5) is 0 Å². The van der Waals surface area contributed by atoms with Gasteiger partial charge in [-0.3, -0.25) is 4.79 Å². The number of nitrogens with zero attached hydrogens (tertiary/aromatic N) is 2. The number of ether oxygens (including phenoxy) is 1. The summed E-state index contributed by atoms with van der Waals surface area (Å²) in [7, 11) is 1.59. The molecule has 22 heavy (non-hydrogen) atoms. The van der Waals surface area contributed by atoms with Crippen molar-refractivity contribution in [2.45, 2.75) is 12.8 Å². The second-order valence-electron chi connectivity index (χ2n) is 5.27. The minimum Gasteiger partial charge on any atom is -0.548 e. The van der Waals surface area contributed by atoms with E-state index in [1.807, 2.05) is 24.3 Å². The Morgan fingerprint density at radius 2 is 1.95 bits per heavy atom. The molecule has 2 unspecified atom stereocenters. The Kier molecular flexibility index (Phi) is 5.26. The minimum atomic E-state index is -1.31. The maximum Gasteiger partial charge on any atom is 1.00 e. The van der Waals surface area contributed by atoms with Crippen LogP contribution in [0.5, 0.6) is 5.75 Å². The second-order valence-corrected chi connectivity index (χ2v) is 5.27. The molecule has 1 fully saturated rings. The number of carboxylic acid groups (broad SMARTS) is 1. The number of aliphatic carboxylic acids is 1. The van der Waals surface area contributed by atoms with Gasteiger partial charge in [0.1, 0.15) is 5.75 Å². The Labute approximate surface area is 150 Å². The van der Waals surface area contributed by atoms with Crippen molar-refractivity contribution in [1.29, 1.82) is 0 Å². The minimum absolute atomic E-state index is 0. The molecule has 2 aliphatic rings.